The van der Waals surface area contributed by atoms with Gasteiger partial charge in [-0.3, -0.25) is 4.79 Å². The Morgan fingerprint density at radius 3 is 2.33 bits per heavy atom. The summed E-state index contributed by atoms with van der Waals surface area (Å²) in [4.78, 5) is 11.4. The SMILES string of the molecule is CCOP(CC(=O)CC(O)CBr)OCC. The molecular weight excluding hydrogens is 283 g/mol. The number of carbonyl (C=O) groups excluding carboxylic acids is 1. The number of Topliss-reactive ketones (excluding diaryl/α,β-unsaturated/α-hetero) is 1. The number of aliphatic hydroxyl groups is 1. The van der Waals surface area contributed by atoms with Crippen molar-refractivity contribution >= 4 is 30.1 Å². The Labute approximate surface area is 100 Å². The van der Waals surface area contributed by atoms with E-state index in [0.29, 0.717) is 18.5 Å². The van der Waals surface area contributed by atoms with Gasteiger partial charge in [0.1, 0.15) is 5.78 Å². The molecule has 1 N–H and O–H groups in total. The molecule has 1 atom stereocenters. The molecule has 0 radical (unpaired) electrons. The first kappa shape index (κ1) is 15.5. The second-order valence-electron chi connectivity index (χ2n) is 2.88. The summed E-state index contributed by atoms with van der Waals surface area (Å²) in [5.74, 6) is -0.0186. The largest absolute Gasteiger partial charge is 0.392 e. The molecule has 4 nitrogen and oxygen atoms in total. The van der Waals surface area contributed by atoms with Crippen LogP contribution in [-0.4, -0.2) is 41.7 Å². The Morgan fingerprint density at radius 2 is 1.93 bits per heavy atom. The van der Waals surface area contributed by atoms with Crippen molar-refractivity contribution in [3.63, 3.8) is 0 Å². The maximum absolute atomic E-state index is 11.4. The summed E-state index contributed by atoms with van der Waals surface area (Å²) < 4.78 is 10.6. The van der Waals surface area contributed by atoms with Gasteiger partial charge in [-0.25, -0.2) is 0 Å². The molecule has 0 saturated carbocycles. The molecule has 0 amide bonds. The number of hydrogen-bond donors (Lipinski definition) is 1. The highest BCUT2D eigenvalue weighted by Gasteiger charge is 2.17. The monoisotopic (exact) mass is 300 g/mol. The number of halogens is 1. The van der Waals surface area contributed by atoms with Gasteiger partial charge in [0.25, 0.3) is 0 Å². The van der Waals surface area contributed by atoms with Gasteiger partial charge in [0.15, 0.2) is 8.38 Å². The van der Waals surface area contributed by atoms with Gasteiger partial charge in [0.05, 0.1) is 25.5 Å². The summed E-state index contributed by atoms with van der Waals surface area (Å²) >= 11 is 3.11. The fourth-order valence-corrected chi connectivity index (χ4v) is 2.42. The van der Waals surface area contributed by atoms with Crippen LogP contribution >= 0.6 is 24.3 Å². The smallest absolute Gasteiger partial charge is 0.178 e. The Bertz CT molecular complexity index is 173. The van der Waals surface area contributed by atoms with Crippen molar-refractivity contribution in [1.82, 2.24) is 0 Å². The molecule has 0 spiro atoms. The van der Waals surface area contributed by atoms with Crippen molar-refractivity contribution in [2.45, 2.75) is 26.4 Å². The van der Waals surface area contributed by atoms with Crippen molar-refractivity contribution in [3.8, 4) is 0 Å². The Morgan fingerprint density at radius 1 is 1.40 bits per heavy atom. The molecule has 0 aliphatic heterocycles. The molecular formula is C9H18BrO4P. The molecule has 90 valence electrons. The van der Waals surface area contributed by atoms with Crippen LogP contribution in [0.1, 0.15) is 20.3 Å². The number of hydrogen-bond acceptors (Lipinski definition) is 4. The van der Waals surface area contributed by atoms with Gasteiger partial charge in [-0.1, -0.05) is 15.9 Å². The van der Waals surface area contributed by atoms with Crippen molar-refractivity contribution in [1.29, 1.82) is 0 Å². The topological polar surface area (TPSA) is 55.8 Å². The molecule has 0 bridgehead atoms. The standard InChI is InChI=1S/C9H18BrO4P/c1-3-13-15(14-4-2)7-9(12)5-8(11)6-10/h8,11H,3-7H2,1-2H3. The summed E-state index contributed by atoms with van der Waals surface area (Å²) in [6.45, 7) is 4.82. The number of alkyl halides is 1. The first-order valence-electron chi connectivity index (χ1n) is 4.93. The molecule has 6 heteroatoms. The first-order valence-corrected chi connectivity index (χ1v) is 7.41. The summed E-state index contributed by atoms with van der Waals surface area (Å²) in [5.41, 5.74) is 0. The Balaban J connectivity index is 3.87. The van der Waals surface area contributed by atoms with Gasteiger partial charge >= 0.3 is 0 Å². The highest BCUT2D eigenvalue weighted by atomic mass is 79.9. The lowest BCUT2D eigenvalue weighted by atomic mass is 10.2. The lowest BCUT2D eigenvalue weighted by Gasteiger charge is -2.15. The Kier molecular flexibility index (Phi) is 9.97. The van der Waals surface area contributed by atoms with Gasteiger partial charge in [-0.05, 0) is 13.8 Å². The second-order valence-corrected chi connectivity index (χ2v) is 5.02. The van der Waals surface area contributed by atoms with Crippen LogP contribution in [0.15, 0.2) is 0 Å². The van der Waals surface area contributed by atoms with Gasteiger partial charge in [-0.2, -0.15) is 0 Å². The number of ketones is 1. The predicted octanol–water partition coefficient (Wildman–Crippen LogP) is 2.09. The number of rotatable bonds is 9. The lowest BCUT2D eigenvalue weighted by molar-refractivity contribution is -0.118. The summed E-state index contributed by atoms with van der Waals surface area (Å²) in [5, 5.41) is 9.68. The molecule has 0 aliphatic carbocycles. The minimum absolute atomic E-state index is 0.0186. The van der Waals surface area contributed by atoms with Crippen LogP contribution < -0.4 is 0 Å². The van der Waals surface area contributed by atoms with Gasteiger partial charge in [0.2, 0.25) is 0 Å². The van der Waals surface area contributed by atoms with Crippen molar-refractivity contribution in [2.75, 3.05) is 24.7 Å². The zero-order valence-electron chi connectivity index (χ0n) is 9.11. The summed E-state index contributed by atoms with van der Waals surface area (Å²) in [6, 6.07) is 0. The second kappa shape index (κ2) is 9.67. The zero-order chi connectivity index (χ0) is 11.7. The van der Waals surface area contributed by atoms with E-state index in [4.69, 9.17) is 9.05 Å². The van der Waals surface area contributed by atoms with Gasteiger partial charge in [0, 0.05) is 11.8 Å². The lowest BCUT2D eigenvalue weighted by Crippen LogP contribution is -2.17. The molecule has 0 heterocycles. The quantitative estimate of drug-likeness (QED) is 0.523. The van der Waals surface area contributed by atoms with E-state index in [-0.39, 0.29) is 18.4 Å². The highest BCUT2D eigenvalue weighted by molar-refractivity contribution is 9.09. The summed E-state index contributed by atoms with van der Waals surface area (Å²) in [7, 11) is -1.11. The van der Waals surface area contributed by atoms with E-state index in [1.807, 2.05) is 13.8 Å². The molecule has 0 aliphatic rings. The fourth-order valence-electron chi connectivity index (χ4n) is 0.942. The Hall–Kier alpha value is 0.460. The fraction of sp³-hybridized carbons (Fsp3) is 0.889. The average Bonchev–Trinajstić information content (AvgIpc) is 2.18. The third-order valence-corrected chi connectivity index (χ3v) is 3.94. The molecule has 0 fully saturated rings. The normalized spacial score (nSPS) is 13.1. The molecule has 0 rings (SSSR count). The predicted molar refractivity (Wildman–Crippen MR) is 64.5 cm³/mol. The molecule has 0 aromatic carbocycles. The van der Waals surface area contributed by atoms with E-state index in [1.54, 1.807) is 0 Å². The van der Waals surface area contributed by atoms with Gasteiger partial charge in [-0.15, -0.1) is 0 Å². The van der Waals surface area contributed by atoms with Crippen LogP contribution in [0.3, 0.4) is 0 Å². The maximum atomic E-state index is 11.4. The van der Waals surface area contributed by atoms with Crippen molar-refractivity contribution in [3.05, 3.63) is 0 Å². The van der Waals surface area contributed by atoms with Crippen LogP contribution in [0, 0.1) is 0 Å². The van der Waals surface area contributed by atoms with E-state index in [0.717, 1.165) is 0 Å². The van der Waals surface area contributed by atoms with E-state index < -0.39 is 14.5 Å². The van der Waals surface area contributed by atoms with Crippen molar-refractivity contribution < 1.29 is 18.9 Å². The van der Waals surface area contributed by atoms with Crippen molar-refractivity contribution in [2.24, 2.45) is 0 Å². The number of aliphatic hydroxyl groups excluding tert-OH is 1. The third kappa shape index (κ3) is 8.29. The van der Waals surface area contributed by atoms with Crippen LogP contribution in [0.5, 0.6) is 0 Å². The minimum atomic E-state index is -1.11. The third-order valence-electron chi connectivity index (χ3n) is 1.49. The molecule has 1 unspecified atom stereocenters. The molecule has 0 aromatic heterocycles. The first-order chi connectivity index (χ1) is 7.13. The van der Waals surface area contributed by atoms with Crippen LogP contribution in [0.2, 0.25) is 0 Å². The average molecular weight is 301 g/mol. The van der Waals surface area contributed by atoms with E-state index in [9.17, 15) is 9.90 Å². The molecule has 0 aromatic rings. The van der Waals surface area contributed by atoms with Crippen LogP contribution in [0.25, 0.3) is 0 Å². The van der Waals surface area contributed by atoms with Crippen LogP contribution in [0.4, 0.5) is 0 Å². The number of carbonyl (C=O) groups is 1. The van der Waals surface area contributed by atoms with Crippen LogP contribution in [-0.2, 0) is 13.8 Å². The maximum Gasteiger partial charge on any atom is 0.178 e. The van der Waals surface area contributed by atoms with E-state index >= 15 is 0 Å². The highest BCUT2D eigenvalue weighted by Crippen LogP contribution is 2.37. The minimum Gasteiger partial charge on any atom is -0.392 e. The van der Waals surface area contributed by atoms with E-state index in [1.165, 1.54) is 0 Å². The van der Waals surface area contributed by atoms with Gasteiger partial charge < -0.3 is 14.2 Å². The molecule has 15 heavy (non-hydrogen) atoms. The molecule has 0 saturated heterocycles. The zero-order valence-corrected chi connectivity index (χ0v) is 11.6. The summed E-state index contributed by atoms with van der Waals surface area (Å²) in [6.07, 6.45) is -0.191. The van der Waals surface area contributed by atoms with E-state index in [2.05, 4.69) is 15.9 Å².